The normalized spacial score (nSPS) is 18.9. The highest BCUT2D eigenvalue weighted by atomic mass is 16.2. The first-order valence-corrected chi connectivity index (χ1v) is 6.39. The molecular formula is C14H17N3O2. The Bertz CT molecular complexity index is 525. The van der Waals surface area contributed by atoms with Crippen LogP contribution in [0.5, 0.6) is 0 Å². The summed E-state index contributed by atoms with van der Waals surface area (Å²) in [5.74, 6) is -1.17. The molecule has 5 nitrogen and oxygen atoms in total. The minimum atomic E-state index is -0.544. The van der Waals surface area contributed by atoms with Gasteiger partial charge in [0.25, 0.3) is 0 Å². The number of hydrogen-bond donors (Lipinski definition) is 3. The number of amides is 2. The summed E-state index contributed by atoms with van der Waals surface area (Å²) in [6.07, 6.45) is 0.701. The van der Waals surface area contributed by atoms with Crippen molar-refractivity contribution < 1.29 is 9.59 Å². The Morgan fingerprint density at radius 2 is 2.16 bits per heavy atom. The van der Waals surface area contributed by atoms with Gasteiger partial charge in [0, 0.05) is 24.2 Å². The Balaban J connectivity index is 2.24. The molecule has 2 rings (SSSR count). The zero-order valence-corrected chi connectivity index (χ0v) is 10.8. The highest BCUT2D eigenvalue weighted by molar-refractivity contribution is 6.17. The second kappa shape index (κ2) is 5.65. The zero-order chi connectivity index (χ0) is 13.8. The minimum absolute atomic E-state index is 0.256. The zero-order valence-electron chi connectivity index (χ0n) is 10.8. The lowest BCUT2D eigenvalue weighted by Gasteiger charge is -2.23. The average Bonchev–Trinajstić information content (AvgIpc) is 2.39. The molecule has 0 radical (unpaired) electrons. The molecule has 1 heterocycles. The molecule has 1 aliphatic rings. The van der Waals surface area contributed by atoms with E-state index in [4.69, 9.17) is 5.41 Å². The minimum Gasteiger partial charge on any atom is -0.385 e. The van der Waals surface area contributed by atoms with Gasteiger partial charge in [-0.2, -0.15) is 0 Å². The van der Waals surface area contributed by atoms with Crippen LogP contribution in [0.2, 0.25) is 0 Å². The number of anilines is 1. The number of para-hydroxylation sites is 1. The molecular weight excluding hydrogens is 242 g/mol. The van der Waals surface area contributed by atoms with E-state index in [-0.39, 0.29) is 17.5 Å². The van der Waals surface area contributed by atoms with Gasteiger partial charge in [0.05, 0.1) is 11.6 Å². The molecule has 0 saturated carbocycles. The van der Waals surface area contributed by atoms with Crippen LogP contribution >= 0.6 is 0 Å². The standard InChI is InChI=1S/C14H17N3O2/c1-2-16-11-6-4-3-5-9(11)13(15)10-7-8-12(18)17-14(10)19/h3-6,10,15-16H,2,7-8H2,1H3,(H,17,18,19). The van der Waals surface area contributed by atoms with Crippen molar-refractivity contribution in [2.75, 3.05) is 11.9 Å². The van der Waals surface area contributed by atoms with Crippen LogP contribution in [-0.2, 0) is 9.59 Å². The van der Waals surface area contributed by atoms with Crippen LogP contribution in [0.3, 0.4) is 0 Å². The van der Waals surface area contributed by atoms with Gasteiger partial charge in [-0.25, -0.2) is 0 Å². The van der Waals surface area contributed by atoms with E-state index < -0.39 is 5.92 Å². The van der Waals surface area contributed by atoms with Crippen molar-refractivity contribution >= 4 is 23.2 Å². The summed E-state index contributed by atoms with van der Waals surface area (Å²) >= 11 is 0. The molecule has 0 spiro atoms. The summed E-state index contributed by atoms with van der Waals surface area (Å²) in [6, 6.07) is 7.44. The highest BCUT2D eigenvalue weighted by Gasteiger charge is 2.31. The van der Waals surface area contributed by atoms with E-state index in [0.29, 0.717) is 12.8 Å². The van der Waals surface area contributed by atoms with Crippen LogP contribution in [0.25, 0.3) is 0 Å². The fourth-order valence-corrected chi connectivity index (χ4v) is 2.22. The van der Waals surface area contributed by atoms with E-state index in [0.717, 1.165) is 17.8 Å². The Labute approximate surface area is 111 Å². The molecule has 5 heteroatoms. The van der Waals surface area contributed by atoms with Crippen molar-refractivity contribution in [1.29, 1.82) is 5.41 Å². The van der Waals surface area contributed by atoms with Crippen molar-refractivity contribution in [3.8, 4) is 0 Å². The summed E-state index contributed by atoms with van der Waals surface area (Å²) in [5.41, 5.74) is 1.83. The number of nitrogens with one attached hydrogen (secondary N) is 3. The average molecular weight is 259 g/mol. The largest absolute Gasteiger partial charge is 0.385 e. The maximum absolute atomic E-state index is 11.8. The van der Waals surface area contributed by atoms with Crippen LogP contribution in [-0.4, -0.2) is 24.1 Å². The first kappa shape index (κ1) is 13.3. The maximum Gasteiger partial charge on any atom is 0.235 e. The SMILES string of the molecule is CCNc1ccccc1C(=N)C1CCC(=O)NC1=O. The van der Waals surface area contributed by atoms with E-state index in [1.54, 1.807) is 0 Å². The molecule has 1 aromatic rings. The van der Waals surface area contributed by atoms with Gasteiger partial charge in [0.2, 0.25) is 11.8 Å². The molecule has 0 bridgehead atoms. The summed E-state index contributed by atoms with van der Waals surface area (Å²) in [7, 11) is 0. The monoisotopic (exact) mass is 259 g/mol. The molecule has 0 aromatic heterocycles. The van der Waals surface area contributed by atoms with Gasteiger partial charge in [-0.15, -0.1) is 0 Å². The number of imide groups is 1. The lowest BCUT2D eigenvalue weighted by atomic mass is 9.88. The fourth-order valence-electron chi connectivity index (χ4n) is 2.22. The van der Waals surface area contributed by atoms with Crippen LogP contribution in [0, 0.1) is 11.3 Å². The molecule has 100 valence electrons. The molecule has 3 N–H and O–H groups in total. The third kappa shape index (κ3) is 2.81. The number of carbonyl (C=O) groups excluding carboxylic acids is 2. The van der Waals surface area contributed by atoms with E-state index in [1.807, 2.05) is 31.2 Å². The number of piperidine rings is 1. The molecule has 19 heavy (non-hydrogen) atoms. The lowest BCUT2D eigenvalue weighted by Crippen LogP contribution is -2.44. The number of rotatable bonds is 4. The Morgan fingerprint density at radius 1 is 1.42 bits per heavy atom. The summed E-state index contributed by atoms with van der Waals surface area (Å²) < 4.78 is 0. The van der Waals surface area contributed by atoms with Gasteiger partial charge in [-0.3, -0.25) is 14.9 Å². The first-order chi connectivity index (χ1) is 9.13. The predicted octanol–water partition coefficient (Wildman–Crippen LogP) is 1.54. The van der Waals surface area contributed by atoms with Gasteiger partial charge >= 0.3 is 0 Å². The molecule has 1 saturated heterocycles. The maximum atomic E-state index is 11.8. The van der Waals surface area contributed by atoms with Gasteiger partial charge in [-0.1, -0.05) is 18.2 Å². The van der Waals surface area contributed by atoms with Crippen LogP contribution in [0.1, 0.15) is 25.3 Å². The van der Waals surface area contributed by atoms with Crippen molar-refractivity contribution in [1.82, 2.24) is 5.32 Å². The second-order valence-electron chi connectivity index (χ2n) is 4.49. The summed E-state index contributed by atoms with van der Waals surface area (Å²) in [6.45, 7) is 2.73. The van der Waals surface area contributed by atoms with E-state index in [2.05, 4.69) is 10.6 Å². The van der Waals surface area contributed by atoms with Crippen molar-refractivity contribution in [3.63, 3.8) is 0 Å². The molecule has 1 aromatic carbocycles. The highest BCUT2D eigenvalue weighted by Crippen LogP contribution is 2.23. The summed E-state index contributed by atoms with van der Waals surface area (Å²) in [4.78, 5) is 22.9. The number of carbonyl (C=O) groups is 2. The number of hydrogen-bond acceptors (Lipinski definition) is 4. The lowest BCUT2D eigenvalue weighted by molar-refractivity contribution is -0.134. The van der Waals surface area contributed by atoms with E-state index >= 15 is 0 Å². The molecule has 1 aliphatic heterocycles. The van der Waals surface area contributed by atoms with Gasteiger partial charge in [-0.05, 0) is 19.4 Å². The Morgan fingerprint density at radius 3 is 2.84 bits per heavy atom. The van der Waals surface area contributed by atoms with Crippen LogP contribution in [0.15, 0.2) is 24.3 Å². The molecule has 1 fully saturated rings. The smallest absolute Gasteiger partial charge is 0.235 e. The molecule has 0 aliphatic carbocycles. The van der Waals surface area contributed by atoms with E-state index in [1.165, 1.54) is 0 Å². The third-order valence-corrected chi connectivity index (χ3v) is 3.17. The van der Waals surface area contributed by atoms with Crippen molar-refractivity contribution in [2.24, 2.45) is 5.92 Å². The first-order valence-electron chi connectivity index (χ1n) is 6.39. The van der Waals surface area contributed by atoms with Gasteiger partial charge in [0.15, 0.2) is 0 Å². The van der Waals surface area contributed by atoms with Crippen molar-refractivity contribution in [2.45, 2.75) is 19.8 Å². The van der Waals surface area contributed by atoms with Gasteiger partial charge < -0.3 is 10.7 Å². The second-order valence-corrected chi connectivity index (χ2v) is 4.49. The van der Waals surface area contributed by atoms with Crippen molar-refractivity contribution in [3.05, 3.63) is 29.8 Å². The topological polar surface area (TPSA) is 82.1 Å². The summed E-state index contributed by atoms with van der Waals surface area (Å²) in [5, 5.41) is 13.7. The molecule has 2 amide bonds. The Kier molecular flexibility index (Phi) is 3.94. The van der Waals surface area contributed by atoms with Crippen LogP contribution < -0.4 is 10.6 Å². The van der Waals surface area contributed by atoms with E-state index in [9.17, 15) is 9.59 Å². The van der Waals surface area contributed by atoms with Gasteiger partial charge in [0.1, 0.15) is 0 Å². The molecule has 1 atom stereocenters. The molecule has 1 unspecified atom stereocenters. The Hall–Kier alpha value is -2.17. The van der Waals surface area contributed by atoms with Crippen LogP contribution in [0.4, 0.5) is 5.69 Å². The quantitative estimate of drug-likeness (QED) is 0.566. The number of benzene rings is 1. The third-order valence-electron chi connectivity index (χ3n) is 3.17. The predicted molar refractivity (Wildman–Crippen MR) is 73.3 cm³/mol. The fraction of sp³-hybridized carbons (Fsp3) is 0.357.